The van der Waals surface area contributed by atoms with Gasteiger partial charge in [0.2, 0.25) is 10.0 Å². The monoisotopic (exact) mass is 478 g/mol. The highest BCUT2D eigenvalue weighted by molar-refractivity contribution is 7.89. The number of aromatic nitrogens is 1. The normalized spacial score (nSPS) is 15.7. The summed E-state index contributed by atoms with van der Waals surface area (Å²) < 4.78 is 24.9. The molecule has 34 heavy (non-hydrogen) atoms. The molecule has 0 aliphatic carbocycles. The van der Waals surface area contributed by atoms with E-state index in [9.17, 15) is 22.8 Å². The first-order chi connectivity index (χ1) is 16.0. The van der Waals surface area contributed by atoms with Gasteiger partial charge in [-0.15, -0.1) is 0 Å². The zero-order valence-corrected chi connectivity index (χ0v) is 19.5. The Morgan fingerprint density at radius 3 is 2.21 bits per heavy atom. The number of carbonyl (C=O) groups is 3. The molecule has 0 unspecified atom stereocenters. The van der Waals surface area contributed by atoms with Crippen LogP contribution in [0.2, 0.25) is 0 Å². The number of nitrogens with zero attached hydrogens (tertiary/aromatic N) is 2. The third kappa shape index (κ3) is 4.16. The first-order valence-corrected chi connectivity index (χ1v) is 11.8. The summed E-state index contributed by atoms with van der Waals surface area (Å²) in [7, 11) is -3.82. The molecule has 3 N–H and O–H groups in total. The number of barbiturate groups is 1. The van der Waals surface area contributed by atoms with Gasteiger partial charge in [-0.05, 0) is 80.4 Å². The maximum atomic E-state index is 13.2. The van der Waals surface area contributed by atoms with Crippen LogP contribution in [0.25, 0.3) is 11.8 Å². The molecule has 1 aliphatic rings. The van der Waals surface area contributed by atoms with Crippen molar-refractivity contribution in [2.45, 2.75) is 25.7 Å². The molecule has 2 aromatic carbocycles. The smallest absolute Gasteiger partial charge is 0.318 e. The van der Waals surface area contributed by atoms with Crippen molar-refractivity contribution in [3.05, 3.63) is 82.7 Å². The second kappa shape index (κ2) is 8.40. The van der Waals surface area contributed by atoms with Crippen LogP contribution in [0.3, 0.4) is 0 Å². The van der Waals surface area contributed by atoms with Crippen molar-refractivity contribution < 1.29 is 22.8 Å². The predicted molar refractivity (Wildman–Crippen MR) is 127 cm³/mol. The average Bonchev–Trinajstić information content (AvgIpc) is 3.03. The molecule has 1 saturated heterocycles. The van der Waals surface area contributed by atoms with Crippen molar-refractivity contribution >= 4 is 39.6 Å². The molecule has 9 nitrogen and oxygen atoms in total. The van der Waals surface area contributed by atoms with Gasteiger partial charge >= 0.3 is 6.03 Å². The lowest BCUT2D eigenvalue weighted by Crippen LogP contribution is -2.54. The number of nitrogens with two attached hydrogens (primary N) is 1. The van der Waals surface area contributed by atoms with E-state index in [4.69, 9.17) is 5.14 Å². The number of aryl methyl sites for hydroxylation is 2. The number of carbonyl (C=O) groups excluding carboxylic acids is 3. The predicted octanol–water partition coefficient (Wildman–Crippen LogP) is 2.72. The van der Waals surface area contributed by atoms with E-state index in [0.717, 1.165) is 16.2 Å². The summed E-state index contributed by atoms with van der Waals surface area (Å²) in [6.07, 6.45) is 1.45. The van der Waals surface area contributed by atoms with Crippen molar-refractivity contribution in [1.82, 2.24) is 9.88 Å². The van der Waals surface area contributed by atoms with Crippen LogP contribution in [0.1, 0.15) is 22.5 Å². The number of nitrogens with one attached hydrogen (secondary N) is 1. The van der Waals surface area contributed by atoms with Crippen molar-refractivity contribution in [2.24, 2.45) is 5.14 Å². The second-order valence-corrected chi connectivity index (χ2v) is 9.56. The standard InChI is InChI=1S/C24H22N4O5S/c1-14-5-4-6-19(11-14)28-23(30)21(22(29)26-24(28)31)13-17-12-15(2)27(16(17)3)18-7-9-20(10-8-18)34(25,32)33/h4-13H,1-3H3,(H2,25,32,33)(H,26,29,31)/b21-13+. The average molecular weight is 479 g/mol. The van der Waals surface area contributed by atoms with Crippen LogP contribution in [-0.2, 0) is 19.6 Å². The SMILES string of the molecule is Cc1cccc(N2C(=O)NC(=O)/C(=C\c3cc(C)n(-c4ccc(S(N)(=O)=O)cc4)c3C)C2=O)c1. The van der Waals surface area contributed by atoms with Gasteiger partial charge in [-0.1, -0.05) is 12.1 Å². The van der Waals surface area contributed by atoms with Crippen LogP contribution in [-0.4, -0.2) is 30.8 Å². The number of urea groups is 1. The fraction of sp³-hybridized carbons (Fsp3) is 0.125. The summed E-state index contributed by atoms with van der Waals surface area (Å²) in [4.78, 5) is 39.1. The zero-order chi connectivity index (χ0) is 24.8. The molecule has 1 aromatic heterocycles. The van der Waals surface area contributed by atoms with Gasteiger partial charge in [0.25, 0.3) is 11.8 Å². The Bertz CT molecular complexity index is 1480. The van der Waals surface area contributed by atoms with E-state index in [1.54, 1.807) is 36.4 Å². The summed E-state index contributed by atoms with van der Waals surface area (Å²) >= 11 is 0. The number of primary sulfonamides is 1. The first-order valence-electron chi connectivity index (χ1n) is 10.3. The van der Waals surface area contributed by atoms with E-state index in [0.29, 0.717) is 22.6 Å². The topological polar surface area (TPSA) is 132 Å². The number of benzene rings is 2. The van der Waals surface area contributed by atoms with Gasteiger partial charge in [0.1, 0.15) is 5.57 Å². The van der Waals surface area contributed by atoms with Gasteiger partial charge in [0, 0.05) is 17.1 Å². The fourth-order valence-corrected chi connectivity index (χ4v) is 4.45. The van der Waals surface area contributed by atoms with E-state index in [1.165, 1.54) is 18.2 Å². The van der Waals surface area contributed by atoms with Crippen LogP contribution in [0.5, 0.6) is 0 Å². The minimum absolute atomic E-state index is 0.00793. The summed E-state index contributed by atoms with van der Waals surface area (Å²) in [6.45, 7) is 5.48. The Labute approximate surface area is 196 Å². The van der Waals surface area contributed by atoms with Crippen molar-refractivity contribution in [2.75, 3.05) is 4.90 Å². The Morgan fingerprint density at radius 1 is 0.912 bits per heavy atom. The van der Waals surface area contributed by atoms with Gasteiger partial charge in [-0.25, -0.2) is 23.3 Å². The molecule has 2 heterocycles. The number of hydrogen-bond acceptors (Lipinski definition) is 5. The minimum atomic E-state index is -3.82. The molecular weight excluding hydrogens is 456 g/mol. The molecule has 0 spiro atoms. The molecule has 1 aliphatic heterocycles. The molecule has 1 fully saturated rings. The van der Waals surface area contributed by atoms with Crippen LogP contribution in [0.4, 0.5) is 10.5 Å². The van der Waals surface area contributed by atoms with Crippen LogP contribution in [0, 0.1) is 20.8 Å². The highest BCUT2D eigenvalue weighted by Crippen LogP contribution is 2.26. The van der Waals surface area contributed by atoms with E-state index in [-0.39, 0.29) is 10.5 Å². The zero-order valence-electron chi connectivity index (χ0n) is 18.7. The lowest BCUT2D eigenvalue weighted by Gasteiger charge is -2.26. The van der Waals surface area contributed by atoms with E-state index >= 15 is 0 Å². The molecule has 0 radical (unpaired) electrons. The van der Waals surface area contributed by atoms with E-state index < -0.39 is 27.9 Å². The third-order valence-electron chi connectivity index (χ3n) is 5.56. The molecule has 4 rings (SSSR count). The van der Waals surface area contributed by atoms with Crippen molar-refractivity contribution in [1.29, 1.82) is 0 Å². The van der Waals surface area contributed by atoms with Crippen molar-refractivity contribution in [3.63, 3.8) is 0 Å². The molecule has 174 valence electrons. The number of rotatable bonds is 4. The largest absolute Gasteiger partial charge is 0.335 e. The summed E-state index contributed by atoms with van der Waals surface area (Å²) in [5.74, 6) is -1.50. The Balaban J connectivity index is 1.74. The summed E-state index contributed by atoms with van der Waals surface area (Å²) in [6, 6.07) is 13.9. The maximum Gasteiger partial charge on any atom is 0.335 e. The second-order valence-electron chi connectivity index (χ2n) is 8.00. The molecule has 0 saturated carbocycles. The maximum absolute atomic E-state index is 13.2. The third-order valence-corrected chi connectivity index (χ3v) is 6.48. The van der Waals surface area contributed by atoms with Gasteiger partial charge in [-0.3, -0.25) is 14.9 Å². The highest BCUT2D eigenvalue weighted by atomic mass is 32.2. The van der Waals surface area contributed by atoms with E-state index in [2.05, 4.69) is 5.32 Å². The van der Waals surface area contributed by atoms with E-state index in [1.807, 2.05) is 31.4 Å². The minimum Gasteiger partial charge on any atom is -0.318 e. The van der Waals surface area contributed by atoms with Gasteiger partial charge in [-0.2, -0.15) is 0 Å². The molecule has 0 atom stereocenters. The molecule has 3 aromatic rings. The fourth-order valence-electron chi connectivity index (χ4n) is 3.93. The first kappa shape index (κ1) is 23.1. The van der Waals surface area contributed by atoms with Crippen LogP contribution in [0.15, 0.2) is 65.1 Å². The number of anilines is 1. The Morgan fingerprint density at radius 2 is 1.59 bits per heavy atom. The molecular formula is C24H22N4O5S. The van der Waals surface area contributed by atoms with Gasteiger partial charge < -0.3 is 4.57 Å². The number of sulfonamides is 1. The lowest BCUT2D eigenvalue weighted by molar-refractivity contribution is -0.122. The lowest BCUT2D eigenvalue weighted by atomic mass is 10.1. The molecule has 4 amide bonds. The van der Waals surface area contributed by atoms with Gasteiger partial charge in [0.05, 0.1) is 10.6 Å². The van der Waals surface area contributed by atoms with Crippen LogP contribution >= 0.6 is 0 Å². The molecule has 10 heteroatoms. The molecule has 0 bridgehead atoms. The Kier molecular flexibility index (Phi) is 5.72. The number of amides is 4. The van der Waals surface area contributed by atoms with Crippen LogP contribution < -0.4 is 15.4 Å². The summed E-state index contributed by atoms with van der Waals surface area (Å²) in [5.41, 5.74) is 3.84. The number of hydrogen-bond donors (Lipinski definition) is 2. The summed E-state index contributed by atoms with van der Waals surface area (Å²) in [5, 5.41) is 7.40. The Hall–Kier alpha value is -4.02. The van der Waals surface area contributed by atoms with Crippen molar-refractivity contribution in [3.8, 4) is 5.69 Å². The highest BCUT2D eigenvalue weighted by Gasteiger charge is 2.37. The number of imide groups is 2. The van der Waals surface area contributed by atoms with Gasteiger partial charge in [0.15, 0.2) is 0 Å². The quantitative estimate of drug-likeness (QED) is 0.440.